The Morgan fingerprint density at radius 2 is 1.88 bits per heavy atom. The van der Waals surface area contributed by atoms with Gasteiger partial charge < -0.3 is 9.80 Å². The number of nitrogens with one attached hydrogen (secondary N) is 1. The summed E-state index contributed by atoms with van der Waals surface area (Å²) in [7, 11) is -0.266. The predicted molar refractivity (Wildman–Crippen MR) is 66.1 cm³/mol. The molecule has 0 atom stereocenters. The Balaban J connectivity index is 4.02. The maximum absolute atomic E-state index is 11.2. The van der Waals surface area contributed by atoms with E-state index >= 15 is 0 Å². The van der Waals surface area contributed by atoms with Crippen LogP contribution in [-0.4, -0.2) is 62.8 Å². The normalized spacial score (nSPS) is 12.2. The molecule has 2 N–H and O–H groups in total. The summed E-state index contributed by atoms with van der Waals surface area (Å²) in [5.74, 6) is -0.492. The molecule has 17 heavy (non-hydrogen) atoms. The number of amides is 1. The minimum atomic E-state index is -3.93. The van der Waals surface area contributed by atoms with Gasteiger partial charge in [-0.15, -0.1) is 0 Å². The van der Waals surface area contributed by atoms with Crippen LogP contribution in [0.1, 0.15) is 6.92 Å². The summed E-state index contributed by atoms with van der Waals surface area (Å²) >= 11 is 0. The van der Waals surface area contributed by atoms with Gasteiger partial charge in [-0.2, -0.15) is 8.42 Å². The first-order chi connectivity index (χ1) is 7.53. The van der Waals surface area contributed by atoms with E-state index in [1.54, 1.807) is 6.92 Å². The van der Waals surface area contributed by atoms with Crippen LogP contribution in [0.2, 0.25) is 0 Å². The van der Waals surface area contributed by atoms with Gasteiger partial charge in [-0.3, -0.25) is 9.35 Å². The van der Waals surface area contributed by atoms with E-state index in [4.69, 9.17) is 4.55 Å². The lowest BCUT2D eigenvalue weighted by atomic mass is 10.3. The molecule has 0 aliphatic rings. The van der Waals surface area contributed by atoms with Crippen LogP contribution in [0.3, 0.4) is 0 Å². The molecule has 0 rings (SSSR count). The van der Waals surface area contributed by atoms with Crippen molar-refractivity contribution in [3.63, 3.8) is 0 Å². The van der Waals surface area contributed by atoms with Gasteiger partial charge in [-0.25, -0.2) is 0 Å². The van der Waals surface area contributed by atoms with Crippen LogP contribution in [-0.2, 0) is 14.9 Å². The molecule has 6 nitrogen and oxygen atoms in total. The van der Waals surface area contributed by atoms with E-state index in [1.165, 1.54) is 0 Å². The van der Waals surface area contributed by atoms with Gasteiger partial charge in [0.1, 0.15) is 5.75 Å². The van der Waals surface area contributed by atoms with E-state index in [0.717, 1.165) is 0 Å². The maximum Gasteiger partial charge on any atom is 0.270 e. The highest BCUT2D eigenvalue weighted by atomic mass is 32.2. The third kappa shape index (κ3) is 8.84. The number of nitrogens with zero attached hydrogens (tertiary/aromatic N) is 1. The van der Waals surface area contributed by atoms with Crippen LogP contribution in [0.25, 0.3) is 0 Å². The Kier molecular flexibility index (Phi) is 5.80. The summed E-state index contributed by atoms with van der Waals surface area (Å²) in [6.07, 6.45) is 0. The smallest absolute Gasteiger partial charge is 0.270 e. The van der Waals surface area contributed by atoms with Gasteiger partial charge in [0, 0.05) is 5.57 Å². The molecule has 0 aromatic rings. The molecule has 0 aromatic heterocycles. The van der Waals surface area contributed by atoms with Gasteiger partial charge >= 0.3 is 0 Å². The second-order valence-electron chi connectivity index (χ2n) is 4.71. The Hall–Kier alpha value is -0.920. The van der Waals surface area contributed by atoms with Crippen molar-refractivity contribution in [1.82, 2.24) is 5.32 Å². The summed E-state index contributed by atoms with van der Waals surface area (Å²) in [4.78, 5) is 11.2. The van der Waals surface area contributed by atoms with Crippen molar-refractivity contribution in [2.24, 2.45) is 0 Å². The number of carbonyl (C=O) groups excluding carboxylic acids is 1. The minimum Gasteiger partial charge on any atom is -0.347 e. The van der Waals surface area contributed by atoms with Gasteiger partial charge in [-0.1, -0.05) is 6.58 Å². The van der Waals surface area contributed by atoms with Crippen molar-refractivity contribution in [3.8, 4) is 0 Å². The molecular formula is C10H21N2O4S+. The van der Waals surface area contributed by atoms with Gasteiger partial charge in [0.2, 0.25) is 5.91 Å². The molecule has 1 amide bonds. The largest absolute Gasteiger partial charge is 0.347 e. The summed E-state index contributed by atoms with van der Waals surface area (Å²) in [6, 6.07) is 0. The SMILES string of the molecule is C=C(C)C(=O)NCC[N+](C)(C)CCS(=O)(=O)O. The van der Waals surface area contributed by atoms with Crippen molar-refractivity contribution in [2.45, 2.75) is 6.92 Å². The Labute approximate surface area is 103 Å². The molecule has 0 radical (unpaired) electrons. The number of rotatable bonds is 7. The highest BCUT2D eigenvalue weighted by molar-refractivity contribution is 7.85. The van der Waals surface area contributed by atoms with Crippen LogP contribution in [0, 0.1) is 0 Å². The van der Waals surface area contributed by atoms with Gasteiger partial charge in [-0.05, 0) is 6.92 Å². The average molecular weight is 265 g/mol. The zero-order valence-corrected chi connectivity index (χ0v) is 11.4. The van der Waals surface area contributed by atoms with Crippen LogP contribution < -0.4 is 5.32 Å². The number of carbonyl (C=O) groups is 1. The molecule has 0 fully saturated rings. The van der Waals surface area contributed by atoms with Crippen molar-refractivity contribution in [1.29, 1.82) is 0 Å². The van der Waals surface area contributed by atoms with E-state index < -0.39 is 10.1 Å². The first-order valence-electron chi connectivity index (χ1n) is 5.24. The second kappa shape index (κ2) is 6.13. The molecule has 100 valence electrons. The van der Waals surface area contributed by atoms with Gasteiger partial charge in [0.25, 0.3) is 10.1 Å². The standard InChI is InChI=1S/C10H20N2O4S/c1-9(2)10(13)11-5-6-12(3,4)7-8-17(14,15)16/h1,5-8H2,2-4H3,(H-,11,13,14,15,16)/p+1. The lowest BCUT2D eigenvalue weighted by molar-refractivity contribution is -0.886. The van der Waals surface area contributed by atoms with Gasteiger partial charge in [0.05, 0.1) is 33.7 Å². The van der Waals surface area contributed by atoms with E-state index in [1.807, 2.05) is 14.1 Å². The number of likely N-dealkylation sites (N-methyl/N-ethyl adjacent to an activating group) is 1. The quantitative estimate of drug-likeness (QED) is 0.374. The monoisotopic (exact) mass is 265 g/mol. The molecule has 0 saturated heterocycles. The molecule has 0 aromatic carbocycles. The van der Waals surface area contributed by atoms with Crippen molar-refractivity contribution in [3.05, 3.63) is 12.2 Å². The van der Waals surface area contributed by atoms with E-state index in [9.17, 15) is 13.2 Å². The highest BCUT2D eigenvalue weighted by Crippen LogP contribution is 1.97. The fourth-order valence-corrected chi connectivity index (χ4v) is 1.82. The van der Waals surface area contributed by atoms with Crippen LogP contribution in [0.5, 0.6) is 0 Å². The fourth-order valence-electron chi connectivity index (χ4n) is 1.10. The second-order valence-corrected chi connectivity index (χ2v) is 6.28. The van der Waals surface area contributed by atoms with Crippen molar-refractivity contribution in [2.75, 3.05) is 39.5 Å². The minimum absolute atomic E-state index is 0.209. The van der Waals surface area contributed by atoms with E-state index in [0.29, 0.717) is 29.7 Å². The van der Waals surface area contributed by atoms with Crippen LogP contribution >= 0.6 is 0 Å². The molecule has 0 aliphatic heterocycles. The van der Waals surface area contributed by atoms with E-state index in [-0.39, 0.29) is 11.7 Å². The maximum atomic E-state index is 11.2. The third-order valence-corrected chi connectivity index (χ3v) is 3.04. The predicted octanol–water partition coefficient (Wildman–Crippen LogP) is -0.357. The van der Waals surface area contributed by atoms with Crippen LogP contribution in [0.4, 0.5) is 0 Å². The zero-order valence-electron chi connectivity index (χ0n) is 10.6. The third-order valence-electron chi connectivity index (χ3n) is 2.34. The summed E-state index contributed by atoms with van der Waals surface area (Å²) in [5, 5.41) is 2.67. The lowest BCUT2D eigenvalue weighted by Crippen LogP contribution is -2.47. The lowest BCUT2D eigenvalue weighted by Gasteiger charge is -2.29. The number of quaternary nitrogens is 1. The van der Waals surface area contributed by atoms with Crippen LogP contribution in [0.15, 0.2) is 12.2 Å². The number of hydrogen-bond donors (Lipinski definition) is 2. The molecule has 0 bridgehead atoms. The van der Waals surface area contributed by atoms with E-state index in [2.05, 4.69) is 11.9 Å². The topological polar surface area (TPSA) is 83.5 Å². The van der Waals surface area contributed by atoms with Gasteiger partial charge in [0.15, 0.2) is 0 Å². The molecule has 7 heteroatoms. The Bertz CT molecular complexity index is 387. The zero-order chi connectivity index (χ0) is 13.7. The molecule has 0 saturated carbocycles. The first kappa shape index (κ1) is 16.1. The molecule has 0 unspecified atom stereocenters. The molecule has 0 aliphatic carbocycles. The molecule has 0 heterocycles. The Morgan fingerprint density at radius 3 is 2.29 bits per heavy atom. The highest BCUT2D eigenvalue weighted by Gasteiger charge is 2.18. The Morgan fingerprint density at radius 1 is 1.35 bits per heavy atom. The first-order valence-corrected chi connectivity index (χ1v) is 6.85. The summed E-state index contributed by atoms with van der Waals surface area (Å²) < 4.78 is 30.3. The average Bonchev–Trinajstić information content (AvgIpc) is 2.13. The summed E-state index contributed by atoms with van der Waals surface area (Å²) in [6.45, 7) is 6.43. The number of hydrogen-bond acceptors (Lipinski definition) is 3. The van der Waals surface area contributed by atoms with Crippen molar-refractivity contribution >= 4 is 16.0 Å². The van der Waals surface area contributed by atoms with Crippen molar-refractivity contribution < 1.29 is 22.2 Å². The summed E-state index contributed by atoms with van der Waals surface area (Å²) in [5.41, 5.74) is 0.438. The fraction of sp³-hybridized carbons (Fsp3) is 0.700. The molecule has 0 spiro atoms. The molecular weight excluding hydrogens is 244 g/mol.